The van der Waals surface area contributed by atoms with E-state index in [9.17, 15) is 19.7 Å². The molecule has 0 amide bonds. The summed E-state index contributed by atoms with van der Waals surface area (Å²) in [5.41, 5.74) is -1.47. The lowest BCUT2D eigenvalue weighted by atomic mass is 9.82. The van der Waals surface area contributed by atoms with Crippen molar-refractivity contribution in [1.29, 1.82) is 0 Å². The molecule has 0 unspecified atom stereocenters. The molecule has 0 saturated carbocycles. The molecule has 156 valence electrons. The smallest absolute Gasteiger partial charge is 0.328 e. The molecule has 0 aliphatic carbocycles. The highest BCUT2D eigenvalue weighted by Crippen LogP contribution is 2.31. The van der Waals surface area contributed by atoms with Crippen LogP contribution in [-0.2, 0) is 14.3 Å². The van der Waals surface area contributed by atoms with Crippen molar-refractivity contribution in [2.45, 2.75) is 72.1 Å². The van der Waals surface area contributed by atoms with E-state index in [4.69, 9.17) is 9.47 Å². The van der Waals surface area contributed by atoms with Gasteiger partial charge in [0.15, 0.2) is 5.41 Å². The monoisotopic (exact) mass is 393 g/mol. The van der Waals surface area contributed by atoms with Gasteiger partial charge in [0, 0.05) is 12.1 Å². The van der Waals surface area contributed by atoms with E-state index in [0.29, 0.717) is 0 Å². The molecular weight excluding hydrogens is 362 g/mol. The van der Waals surface area contributed by atoms with Crippen molar-refractivity contribution < 1.29 is 24.0 Å². The normalized spacial score (nSPS) is 11.1. The summed E-state index contributed by atoms with van der Waals surface area (Å²) in [7, 11) is 0. The van der Waals surface area contributed by atoms with E-state index in [-0.39, 0.29) is 30.9 Å². The van der Waals surface area contributed by atoms with E-state index in [1.807, 2.05) is 0 Å². The van der Waals surface area contributed by atoms with E-state index in [0.717, 1.165) is 19.3 Å². The highest BCUT2D eigenvalue weighted by Gasteiger charge is 2.46. The number of hydrogen-bond donors (Lipinski definition) is 0. The predicted octanol–water partition coefficient (Wildman–Crippen LogP) is 5.21. The van der Waals surface area contributed by atoms with Crippen LogP contribution in [-0.4, -0.2) is 23.5 Å². The number of carbonyl (C=O) groups excluding carboxylic acids is 2. The van der Waals surface area contributed by atoms with Crippen LogP contribution in [0.1, 0.15) is 72.1 Å². The Morgan fingerprint density at radius 1 is 0.929 bits per heavy atom. The zero-order valence-electron chi connectivity index (χ0n) is 17.1. The van der Waals surface area contributed by atoms with E-state index in [1.54, 1.807) is 13.8 Å². The third-order valence-electron chi connectivity index (χ3n) is 4.98. The van der Waals surface area contributed by atoms with Crippen LogP contribution in [0.5, 0.6) is 5.75 Å². The van der Waals surface area contributed by atoms with Crippen LogP contribution in [0.2, 0.25) is 0 Å². The fraction of sp³-hybridized carbons (Fsp3) is 0.619. The third kappa shape index (κ3) is 6.62. The standard InChI is InChI=1S/C21H31NO6/c1-4-7-8-9-10-11-16-27-19(23)21(5-2,6-3)20(24)28-18-14-12-17(13-15-18)22(25)26/h12-15H,4-11,16H2,1-3H3. The van der Waals surface area contributed by atoms with Crippen LogP contribution < -0.4 is 4.74 Å². The summed E-state index contributed by atoms with van der Waals surface area (Å²) in [4.78, 5) is 35.5. The third-order valence-corrected chi connectivity index (χ3v) is 4.98. The molecular formula is C21H31NO6. The number of unbranched alkanes of at least 4 members (excludes halogenated alkanes) is 5. The summed E-state index contributed by atoms with van der Waals surface area (Å²) in [6, 6.07) is 5.18. The van der Waals surface area contributed by atoms with E-state index in [1.165, 1.54) is 43.5 Å². The quantitative estimate of drug-likeness (QED) is 0.114. The number of benzene rings is 1. The van der Waals surface area contributed by atoms with Gasteiger partial charge in [-0.2, -0.15) is 0 Å². The van der Waals surface area contributed by atoms with Crippen molar-refractivity contribution in [3.8, 4) is 5.75 Å². The van der Waals surface area contributed by atoms with Gasteiger partial charge in [0.2, 0.25) is 0 Å². The van der Waals surface area contributed by atoms with Crippen LogP contribution in [0.25, 0.3) is 0 Å². The molecule has 0 aliphatic rings. The number of rotatable bonds is 13. The zero-order chi connectivity index (χ0) is 21.0. The van der Waals surface area contributed by atoms with Crippen molar-refractivity contribution in [3.63, 3.8) is 0 Å². The Bertz CT molecular complexity index is 637. The number of non-ortho nitro benzene ring substituents is 1. The van der Waals surface area contributed by atoms with E-state index >= 15 is 0 Å². The molecule has 0 radical (unpaired) electrons. The fourth-order valence-corrected chi connectivity index (χ4v) is 2.94. The van der Waals surface area contributed by atoms with Gasteiger partial charge in [-0.1, -0.05) is 52.9 Å². The minimum absolute atomic E-state index is 0.101. The highest BCUT2D eigenvalue weighted by molar-refractivity contribution is 6.00. The lowest BCUT2D eigenvalue weighted by molar-refractivity contribution is -0.384. The second-order valence-electron chi connectivity index (χ2n) is 6.83. The van der Waals surface area contributed by atoms with Crippen LogP contribution >= 0.6 is 0 Å². The molecule has 1 aromatic rings. The van der Waals surface area contributed by atoms with Crippen molar-refractivity contribution >= 4 is 17.6 Å². The summed E-state index contributed by atoms with van der Waals surface area (Å²) >= 11 is 0. The lowest BCUT2D eigenvalue weighted by Gasteiger charge is -2.26. The average molecular weight is 393 g/mol. The molecule has 0 aliphatic heterocycles. The molecule has 0 bridgehead atoms. The molecule has 0 fully saturated rings. The van der Waals surface area contributed by atoms with Gasteiger partial charge in [-0.05, 0) is 31.4 Å². The first-order valence-corrected chi connectivity index (χ1v) is 10.0. The number of carbonyl (C=O) groups is 2. The summed E-state index contributed by atoms with van der Waals surface area (Å²) < 4.78 is 10.7. The Morgan fingerprint density at radius 3 is 2.04 bits per heavy atom. The van der Waals surface area contributed by atoms with Gasteiger partial charge in [0.1, 0.15) is 5.75 Å². The Kier molecular flexibility index (Phi) is 10.2. The van der Waals surface area contributed by atoms with Crippen molar-refractivity contribution in [2.75, 3.05) is 6.61 Å². The van der Waals surface area contributed by atoms with E-state index in [2.05, 4.69) is 6.92 Å². The molecule has 0 N–H and O–H groups in total. The molecule has 0 aromatic heterocycles. The van der Waals surface area contributed by atoms with Crippen LogP contribution in [0.4, 0.5) is 5.69 Å². The van der Waals surface area contributed by atoms with Gasteiger partial charge >= 0.3 is 11.9 Å². The molecule has 0 saturated heterocycles. The second-order valence-corrected chi connectivity index (χ2v) is 6.83. The first kappa shape index (κ1) is 23.6. The number of nitro benzene ring substituents is 1. The summed E-state index contributed by atoms with van der Waals surface area (Å²) in [6.45, 7) is 5.93. The fourth-order valence-electron chi connectivity index (χ4n) is 2.94. The summed E-state index contributed by atoms with van der Waals surface area (Å²) in [6.07, 6.45) is 6.96. The number of hydrogen-bond acceptors (Lipinski definition) is 6. The number of ether oxygens (including phenoxy) is 2. The number of esters is 2. The Hall–Kier alpha value is -2.44. The average Bonchev–Trinajstić information content (AvgIpc) is 2.69. The van der Waals surface area contributed by atoms with Crippen LogP contribution in [0, 0.1) is 15.5 Å². The molecule has 0 spiro atoms. The van der Waals surface area contributed by atoms with Crippen molar-refractivity contribution in [2.24, 2.45) is 5.41 Å². The Balaban J connectivity index is 2.65. The van der Waals surface area contributed by atoms with Gasteiger partial charge in [0.25, 0.3) is 5.69 Å². The van der Waals surface area contributed by atoms with Crippen molar-refractivity contribution in [3.05, 3.63) is 34.4 Å². The minimum atomic E-state index is -1.37. The van der Waals surface area contributed by atoms with Crippen LogP contribution in [0.15, 0.2) is 24.3 Å². The molecule has 1 aromatic carbocycles. The summed E-state index contributed by atoms with van der Waals surface area (Å²) in [5, 5.41) is 10.7. The minimum Gasteiger partial charge on any atom is -0.465 e. The van der Waals surface area contributed by atoms with Gasteiger partial charge in [-0.15, -0.1) is 0 Å². The lowest BCUT2D eigenvalue weighted by Crippen LogP contribution is -2.42. The van der Waals surface area contributed by atoms with Gasteiger partial charge < -0.3 is 9.47 Å². The summed E-state index contributed by atoms with van der Waals surface area (Å²) in [5.74, 6) is -1.11. The first-order valence-electron chi connectivity index (χ1n) is 10.0. The second kappa shape index (κ2) is 12.1. The largest absolute Gasteiger partial charge is 0.465 e. The Morgan fingerprint density at radius 2 is 1.50 bits per heavy atom. The maximum atomic E-state index is 12.7. The molecule has 1 rings (SSSR count). The number of nitrogens with zero attached hydrogens (tertiary/aromatic N) is 1. The van der Waals surface area contributed by atoms with Crippen molar-refractivity contribution in [1.82, 2.24) is 0 Å². The zero-order valence-corrected chi connectivity index (χ0v) is 17.1. The maximum Gasteiger partial charge on any atom is 0.328 e. The molecule has 7 heteroatoms. The SMILES string of the molecule is CCCCCCCCOC(=O)C(CC)(CC)C(=O)Oc1ccc([N+](=O)[O-])cc1. The molecule has 0 heterocycles. The molecule has 7 nitrogen and oxygen atoms in total. The van der Waals surface area contributed by atoms with E-state index < -0.39 is 22.3 Å². The number of nitro groups is 1. The first-order chi connectivity index (χ1) is 13.4. The maximum absolute atomic E-state index is 12.7. The van der Waals surface area contributed by atoms with Gasteiger partial charge in [0.05, 0.1) is 11.5 Å². The molecule has 0 atom stereocenters. The van der Waals surface area contributed by atoms with Gasteiger partial charge in [-0.25, -0.2) is 0 Å². The molecule has 28 heavy (non-hydrogen) atoms. The highest BCUT2D eigenvalue weighted by atomic mass is 16.6. The predicted molar refractivity (Wildman–Crippen MR) is 106 cm³/mol. The topological polar surface area (TPSA) is 95.7 Å². The van der Waals surface area contributed by atoms with Gasteiger partial charge in [-0.3, -0.25) is 19.7 Å². The Labute approximate surface area is 166 Å². The van der Waals surface area contributed by atoms with Crippen LogP contribution in [0.3, 0.4) is 0 Å².